The molecule has 0 radical (unpaired) electrons. The zero-order chi connectivity index (χ0) is 6.27. The Morgan fingerprint density at radius 1 is 1.67 bits per heavy atom. The molecule has 0 aromatic carbocycles. The van der Waals surface area contributed by atoms with Crippen LogP contribution in [0.25, 0.3) is 0 Å². The third-order valence-electron chi connectivity index (χ3n) is 2.34. The Bertz CT molecular complexity index is 115. The Hall–Kier alpha value is -0.0800. The van der Waals surface area contributed by atoms with E-state index in [9.17, 15) is 0 Å². The van der Waals surface area contributed by atoms with E-state index in [0.29, 0.717) is 18.2 Å². The van der Waals surface area contributed by atoms with Crippen LogP contribution < -0.4 is 5.32 Å². The van der Waals surface area contributed by atoms with Gasteiger partial charge in [-0.2, -0.15) is 0 Å². The topological polar surface area (TPSA) is 21.3 Å². The molecule has 52 valence electrons. The van der Waals surface area contributed by atoms with Crippen LogP contribution in [0.5, 0.6) is 0 Å². The van der Waals surface area contributed by atoms with Gasteiger partial charge in [0, 0.05) is 12.6 Å². The molecule has 2 fully saturated rings. The maximum absolute atomic E-state index is 5.65. The van der Waals surface area contributed by atoms with Gasteiger partial charge in [0.05, 0.1) is 12.2 Å². The van der Waals surface area contributed by atoms with E-state index >= 15 is 0 Å². The van der Waals surface area contributed by atoms with Crippen molar-refractivity contribution in [1.82, 2.24) is 5.32 Å². The Balaban J connectivity index is 2.01. The van der Waals surface area contributed by atoms with Crippen molar-refractivity contribution in [3.05, 3.63) is 0 Å². The normalized spacial score (nSPS) is 48.3. The zero-order valence-corrected chi connectivity index (χ0v) is 5.76. The summed E-state index contributed by atoms with van der Waals surface area (Å²) in [7, 11) is 0. The van der Waals surface area contributed by atoms with Crippen LogP contribution in [0.2, 0.25) is 0 Å². The highest BCUT2D eigenvalue weighted by Gasteiger charge is 2.38. The van der Waals surface area contributed by atoms with E-state index in [-0.39, 0.29) is 0 Å². The van der Waals surface area contributed by atoms with Gasteiger partial charge in [-0.25, -0.2) is 0 Å². The number of hydrogen-bond donors (Lipinski definition) is 1. The number of ether oxygens (including phenoxy) is 1. The van der Waals surface area contributed by atoms with Crippen LogP contribution in [-0.2, 0) is 4.74 Å². The summed E-state index contributed by atoms with van der Waals surface area (Å²) >= 11 is 0. The Kier molecular flexibility index (Phi) is 1.24. The van der Waals surface area contributed by atoms with Crippen molar-refractivity contribution in [2.75, 3.05) is 6.54 Å². The van der Waals surface area contributed by atoms with E-state index in [4.69, 9.17) is 4.74 Å². The molecule has 2 saturated heterocycles. The summed E-state index contributed by atoms with van der Waals surface area (Å²) in [5.74, 6) is 0. The molecule has 2 aliphatic heterocycles. The smallest absolute Gasteiger partial charge is 0.0730 e. The molecule has 0 unspecified atom stereocenters. The van der Waals surface area contributed by atoms with Crippen LogP contribution in [0.1, 0.15) is 19.8 Å². The van der Waals surface area contributed by atoms with Crippen LogP contribution in [0.3, 0.4) is 0 Å². The standard InChI is InChI=1S/C7H13NO/c1-2-7-6-3-5(9-7)4-8-6/h5-8H,2-4H2,1H3/t5-,6-,7-/m0/s1. The van der Waals surface area contributed by atoms with Crippen molar-refractivity contribution >= 4 is 0 Å². The van der Waals surface area contributed by atoms with E-state index < -0.39 is 0 Å². The lowest BCUT2D eigenvalue weighted by molar-refractivity contribution is 0.0154. The maximum atomic E-state index is 5.65. The highest BCUT2D eigenvalue weighted by molar-refractivity contribution is 4.94. The van der Waals surface area contributed by atoms with Crippen molar-refractivity contribution < 1.29 is 4.74 Å². The van der Waals surface area contributed by atoms with Gasteiger partial charge in [-0.1, -0.05) is 6.92 Å². The number of morpholine rings is 1. The van der Waals surface area contributed by atoms with Crippen LogP contribution in [0.15, 0.2) is 0 Å². The maximum Gasteiger partial charge on any atom is 0.0730 e. The first-order chi connectivity index (χ1) is 4.40. The highest BCUT2D eigenvalue weighted by atomic mass is 16.5. The molecule has 0 amide bonds. The van der Waals surface area contributed by atoms with Gasteiger partial charge in [-0.15, -0.1) is 0 Å². The predicted molar refractivity (Wildman–Crippen MR) is 35.4 cm³/mol. The molecule has 0 saturated carbocycles. The Labute approximate surface area is 55.6 Å². The van der Waals surface area contributed by atoms with Crippen molar-refractivity contribution in [3.63, 3.8) is 0 Å². The molecule has 1 N–H and O–H groups in total. The highest BCUT2D eigenvalue weighted by Crippen LogP contribution is 2.26. The van der Waals surface area contributed by atoms with Crippen LogP contribution in [0, 0.1) is 0 Å². The fraction of sp³-hybridized carbons (Fsp3) is 1.00. The molecule has 0 aromatic rings. The van der Waals surface area contributed by atoms with E-state index in [1.807, 2.05) is 0 Å². The summed E-state index contributed by atoms with van der Waals surface area (Å²) in [6.45, 7) is 3.27. The molecule has 0 aromatic heterocycles. The largest absolute Gasteiger partial charge is 0.372 e. The average molecular weight is 127 g/mol. The van der Waals surface area contributed by atoms with Gasteiger partial charge in [0.2, 0.25) is 0 Å². The van der Waals surface area contributed by atoms with E-state index in [0.717, 1.165) is 13.0 Å². The molecule has 2 heteroatoms. The molecule has 2 rings (SSSR count). The summed E-state index contributed by atoms with van der Waals surface area (Å²) < 4.78 is 5.65. The Morgan fingerprint density at radius 3 is 2.89 bits per heavy atom. The monoisotopic (exact) mass is 127 g/mol. The molecule has 2 bridgehead atoms. The van der Waals surface area contributed by atoms with Gasteiger partial charge < -0.3 is 10.1 Å². The first kappa shape index (κ1) is 5.69. The molecule has 9 heavy (non-hydrogen) atoms. The third kappa shape index (κ3) is 0.775. The number of fused-ring (bicyclic) bond motifs is 2. The SMILES string of the molecule is CC[C@@H]1O[C@@H]2CN[C@H]1C2. The summed E-state index contributed by atoms with van der Waals surface area (Å²) in [5, 5.41) is 3.43. The third-order valence-corrected chi connectivity index (χ3v) is 2.34. The molecule has 2 heterocycles. The van der Waals surface area contributed by atoms with Crippen molar-refractivity contribution in [2.24, 2.45) is 0 Å². The second-order valence-corrected chi connectivity index (χ2v) is 2.96. The van der Waals surface area contributed by atoms with Gasteiger partial charge >= 0.3 is 0 Å². The minimum atomic E-state index is 0.517. The lowest BCUT2D eigenvalue weighted by Crippen LogP contribution is -2.38. The molecule has 0 spiro atoms. The number of hydrogen-bond acceptors (Lipinski definition) is 2. The van der Waals surface area contributed by atoms with Gasteiger partial charge in [-0.3, -0.25) is 0 Å². The molecular formula is C7H13NO. The minimum absolute atomic E-state index is 0.517. The first-order valence-corrected chi connectivity index (χ1v) is 3.79. The second kappa shape index (κ2) is 1.96. The molecule has 0 aliphatic carbocycles. The van der Waals surface area contributed by atoms with E-state index in [2.05, 4.69) is 12.2 Å². The van der Waals surface area contributed by atoms with Crippen LogP contribution >= 0.6 is 0 Å². The van der Waals surface area contributed by atoms with E-state index in [1.54, 1.807) is 0 Å². The summed E-state index contributed by atoms with van der Waals surface area (Å²) in [6, 6.07) is 0.681. The molecule has 2 aliphatic rings. The summed E-state index contributed by atoms with van der Waals surface area (Å²) in [4.78, 5) is 0. The quantitative estimate of drug-likeness (QED) is 0.554. The van der Waals surface area contributed by atoms with Gasteiger partial charge in [-0.05, 0) is 12.8 Å². The van der Waals surface area contributed by atoms with Crippen LogP contribution in [0.4, 0.5) is 0 Å². The van der Waals surface area contributed by atoms with E-state index in [1.165, 1.54) is 6.42 Å². The molecule has 2 nitrogen and oxygen atoms in total. The molecule has 3 atom stereocenters. The predicted octanol–water partition coefficient (Wildman–Crippen LogP) is 0.526. The van der Waals surface area contributed by atoms with Gasteiger partial charge in [0.15, 0.2) is 0 Å². The fourth-order valence-electron chi connectivity index (χ4n) is 1.84. The number of rotatable bonds is 1. The first-order valence-electron chi connectivity index (χ1n) is 3.79. The molecular weight excluding hydrogens is 114 g/mol. The summed E-state index contributed by atoms with van der Waals surface area (Å²) in [6.07, 6.45) is 3.47. The second-order valence-electron chi connectivity index (χ2n) is 2.96. The van der Waals surface area contributed by atoms with Gasteiger partial charge in [0.1, 0.15) is 0 Å². The minimum Gasteiger partial charge on any atom is -0.372 e. The average Bonchev–Trinajstić information content (AvgIpc) is 2.45. The van der Waals surface area contributed by atoms with Crippen molar-refractivity contribution in [2.45, 2.75) is 38.0 Å². The Morgan fingerprint density at radius 2 is 2.56 bits per heavy atom. The van der Waals surface area contributed by atoms with Crippen molar-refractivity contribution in [3.8, 4) is 0 Å². The van der Waals surface area contributed by atoms with Crippen LogP contribution in [-0.4, -0.2) is 24.8 Å². The van der Waals surface area contributed by atoms with Gasteiger partial charge in [0.25, 0.3) is 0 Å². The summed E-state index contributed by atoms with van der Waals surface area (Å²) in [5.41, 5.74) is 0. The fourth-order valence-corrected chi connectivity index (χ4v) is 1.84. The lowest BCUT2D eigenvalue weighted by Gasteiger charge is -2.21. The number of nitrogens with one attached hydrogen (secondary N) is 1. The lowest BCUT2D eigenvalue weighted by atomic mass is 10.1. The zero-order valence-electron chi connectivity index (χ0n) is 5.76. The van der Waals surface area contributed by atoms with Crippen molar-refractivity contribution in [1.29, 1.82) is 0 Å².